The summed E-state index contributed by atoms with van der Waals surface area (Å²) >= 11 is 0. The van der Waals surface area contributed by atoms with Crippen LogP contribution in [0.15, 0.2) is 66.2 Å². The van der Waals surface area contributed by atoms with Crippen molar-refractivity contribution in [1.82, 2.24) is 0 Å². The summed E-state index contributed by atoms with van der Waals surface area (Å²) in [5.41, 5.74) is 3.25. The van der Waals surface area contributed by atoms with Crippen LogP contribution in [0.25, 0.3) is 0 Å². The molecule has 2 atom stereocenters. The number of phenols is 1. The average Bonchev–Trinajstić information content (AvgIpc) is 2.57. The number of aromatic hydroxyl groups is 1. The number of aliphatic hydroxyl groups is 1. The second-order valence-electron chi connectivity index (χ2n) is 5.50. The maximum Gasteiger partial charge on any atom is 0.115 e. The fourth-order valence-corrected chi connectivity index (χ4v) is 2.66. The Morgan fingerprint density at radius 1 is 0.909 bits per heavy atom. The second-order valence-corrected chi connectivity index (χ2v) is 5.50. The van der Waals surface area contributed by atoms with Gasteiger partial charge in [0.2, 0.25) is 0 Å². The predicted molar refractivity (Wildman–Crippen MR) is 90.9 cm³/mol. The molecular formula is C20H24O2. The Hall–Kier alpha value is -2.06. The first-order valence-corrected chi connectivity index (χ1v) is 7.87. The zero-order valence-corrected chi connectivity index (χ0v) is 13.2. The van der Waals surface area contributed by atoms with Gasteiger partial charge in [-0.25, -0.2) is 0 Å². The van der Waals surface area contributed by atoms with Crippen molar-refractivity contribution < 1.29 is 10.2 Å². The molecule has 0 aliphatic heterocycles. The fourth-order valence-electron chi connectivity index (χ4n) is 2.66. The van der Waals surface area contributed by atoms with E-state index in [0.29, 0.717) is 0 Å². The smallest absolute Gasteiger partial charge is 0.115 e. The van der Waals surface area contributed by atoms with Gasteiger partial charge in [0, 0.05) is 5.92 Å². The van der Waals surface area contributed by atoms with E-state index in [2.05, 4.69) is 19.9 Å². The van der Waals surface area contributed by atoms with Gasteiger partial charge in [0.1, 0.15) is 5.75 Å². The van der Waals surface area contributed by atoms with Gasteiger partial charge in [0.15, 0.2) is 0 Å². The van der Waals surface area contributed by atoms with E-state index in [4.69, 9.17) is 0 Å². The highest BCUT2D eigenvalue weighted by molar-refractivity contribution is 5.34. The number of benzene rings is 2. The van der Waals surface area contributed by atoms with Gasteiger partial charge in [-0.05, 0) is 36.1 Å². The molecule has 2 rings (SSSR count). The van der Waals surface area contributed by atoms with Gasteiger partial charge in [-0.1, -0.05) is 68.0 Å². The lowest BCUT2D eigenvalue weighted by atomic mass is 9.87. The Morgan fingerprint density at radius 3 is 2.05 bits per heavy atom. The van der Waals surface area contributed by atoms with Crippen molar-refractivity contribution in [2.75, 3.05) is 0 Å². The molecule has 22 heavy (non-hydrogen) atoms. The molecule has 2 unspecified atom stereocenters. The van der Waals surface area contributed by atoms with Crippen molar-refractivity contribution in [3.63, 3.8) is 0 Å². The van der Waals surface area contributed by atoms with Crippen LogP contribution in [0.4, 0.5) is 0 Å². The molecule has 2 aromatic carbocycles. The summed E-state index contributed by atoms with van der Waals surface area (Å²) in [5.74, 6) is 0.131. The molecule has 0 bridgehead atoms. The number of phenolic OH excluding ortho intramolecular Hbond substituents is 1. The van der Waals surface area contributed by atoms with Gasteiger partial charge in [-0.2, -0.15) is 0 Å². The standard InChI is InChI=1S/C20H24O2/c1-3-15(4-2)14-19(16-8-6-5-7-9-16)20(22)17-10-12-18(21)13-11-17/h5-14,19-22H,3-4H2,1-2H3. The topological polar surface area (TPSA) is 40.5 Å². The van der Waals surface area contributed by atoms with Gasteiger partial charge in [0.25, 0.3) is 0 Å². The van der Waals surface area contributed by atoms with Crippen molar-refractivity contribution in [1.29, 1.82) is 0 Å². The Kier molecular flexibility index (Phi) is 5.79. The zero-order chi connectivity index (χ0) is 15.9. The molecular weight excluding hydrogens is 272 g/mol. The molecule has 116 valence electrons. The Balaban J connectivity index is 2.39. The third kappa shape index (κ3) is 3.99. The van der Waals surface area contributed by atoms with Gasteiger partial charge in [0.05, 0.1) is 6.10 Å². The van der Waals surface area contributed by atoms with Crippen LogP contribution in [0.5, 0.6) is 5.75 Å². The molecule has 0 aromatic heterocycles. The lowest BCUT2D eigenvalue weighted by Gasteiger charge is -2.22. The molecule has 0 saturated heterocycles. The van der Waals surface area contributed by atoms with Gasteiger partial charge in [-0.3, -0.25) is 0 Å². The van der Waals surface area contributed by atoms with Crippen LogP contribution in [-0.4, -0.2) is 10.2 Å². The lowest BCUT2D eigenvalue weighted by molar-refractivity contribution is 0.161. The minimum atomic E-state index is -0.629. The first kappa shape index (κ1) is 16.3. The van der Waals surface area contributed by atoms with E-state index < -0.39 is 6.10 Å². The third-order valence-corrected chi connectivity index (χ3v) is 4.08. The molecule has 0 fully saturated rings. The van der Waals surface area contributed by atoms with Gasteiger partial charge in [-0.15, -0.1) is 0 Å². The summed E-state index contributed by atoms with van der Waals surface area (Å²) in [4.78, 5) is 0. The SMILES string of the molecule is CCC(=CC(c1ccccc1)C(O)c1ccc(O)cc1)CC. The predicted octanol–water partition coefficient (Wildman–Crippen LogP) is 4.96. The Morgan fingerprint density at radius 2 is 1.50 bits per heavy atom. The van der Waals surface area contributed by atoms with Crippen molar-refractivity contribution in [3.05, 3.63) is 77.4 Å². The average molecular weight is 296 g/mol. The van der Waals surface area contributed by atoms with E-state index in [1.54, 1.807) is 24.3 Å². The van der Waals surface area contributed by atoms with Crippen LogP contribution < -0.4 is 0 Å². The molecule has 0 aliphatic rings. The van der Waals surface area contributed by atoms with E-state index in [1.807, 2.05) is 30.3 Å². The van der Waals surface area contributed by atoms with E-state index in [9.17, 15) is 10.2 Å². The number of aliphatic hydroxyl groups excluding tert-OH is 1. The molecule has 0 aliphatic carbocycles. The molecule has 0 saturated carbocycles. The van der Waals surface area contributed by atoms with E-state index in [0.717, 1.165) is 24.0 Å². The zero-order valence-electron chi connectivity index (χ0n) is 13.2. The summed E-state index contributed by atoms with van der Waals surface area (Å²) in [6.07, 6.45) is 3.54. The highest BCUT2D eigenvalue weighted by Gasteiger charge is 2.21. The molecule has 0 spiro atoms. The summed E-state index contributed by atoms with van der Waals surface area (Å²) in [7, 11) is 0. The maximum atomic E-state index is 10.8. The molecule has 2 heteroatoms. The van der Waals surface area contributed by atoms with Crippen LogP contribution in [0.3, 0.4) is 0 Å². The molecule has 0 amide bonds. The molecule has 2 N–H and O–H groups in total. The molecule has 0 heterocycles. The van der Waals surface area contributed by atoms with Crippen LogP contribution in [0.1, 0.15) is 49.8 Å². The Labute approximate surface area is 132 Å². The monoisotopic (exact) mass is 296 g/mol. The highest BCUT2D eigenvalue weighted by Crippen LogP contribution is 2.34. The number of hydrogen-bond acceptors (Lipinski definition) is 2. The van der Waals surface area contributed by atoms with Crippen LogP contribution in [0.2, 0.25) is 0 Å². The van der Waals surface area contributed by atoms with Crippen molar-refractivity contribution in [2.45, 2.75) is 38.7 Å². The first-order valence-electron chi connectivity index (χ1n) is 7.87. The number of allylic oxidation sites excluding steroid dienone is 1. The largest absolute Gasteiger partial charge is 0.508 e. The van der Waals surface area contributed by atoms with Gasteiger partial charge < -0.3 is 10.2 Å². The normalized spacial score (nSPS) is 13.4. The molecule has 0 radical (unpaired) electrons. The quantitative estimate of drug-likeness (QED) is 0.740. The van der Waals surface area contributed by atoms with Crippen LogP contribution in [-0.2, 0) is 0 Å². The molecule has 2 aromatic rings. The van der Waals surface area contributed by atoms with Crippen LogP contribution in [0, 0.1) is 0 Å². The van der Waals surface area contributed by atoms with E-state index >= 15 is 0 Å². The van der Waals surface area contributed by atoms with Crippen LogP contribution >= 0.6 is 0 Å². The maximum absolute atomic E-state index is 10.8. The fraction of sp³-hybridized carbons (Fsp3) is 0.300. The summed E-state index contributed by atoms with van der Waals surface area (Å²) in [6.45, 7) is 4.29. The summed E-state index contributed by atoms with van der Waals surface area (Å²) < 4.78 is 0. The van der Waals surface area contributed by atoms with Crippen molar-refractivity contribution in [3.8, 4) is 5.75 Å². The summed E-state index contributed by atoms with van der Waals surface area (Å²) in [6, 6.07) is 16.9. The molecule has 2 nitrogen and oxygen atoms in total. The second kappa shape index (κ2) is 7.81. The summed E-state index contributed by atoms with van der Waals surface area (Å²) in [5, 5.41) is 20.3. The third-order valence-electron chi connectivity index (χ3n) is 4.08. The van der Waals surface area contributed by atoms with Crippen molar-refractivity contribution in [2.24, 2.45) is 0 Å². The minimum absolute atomic E-state index is 0.0827. The minimum Gasteiger partial charge on any atom is -0.508 e. The van der Waals surface area contributed by atoms with Crippen molar-refractivity contribution >= 4 is 0 Å². The number of rotatable bonds is 6. The van der Waals surface area contributed by atoms with E-state index in [1.165, 1.54) is 5.57 Å². The highest BCUT2D eigenvalue weighted by atomic mass is 16.3. The first-order chi connectivity index (χ1) is 10.7. The van der Waals surface area contributed by atoms with E-state index in [-0.39, 0.29) is 11.7 Å². The Bertz CT molecular complexity index is 593. The van der Waals surface area contributed by atoms with Gasteiger partial charge >= 0.3 is 0 Å². The lowest BCUT2D eigenvalue weighted by Crippen LogP contribution is -2.09. The number of hydrogen-bond donors (Lipinski definition) is 2.